The maximum absolute atomic E-state index is 12.8. The number of hydrogen-bond donors (Lipinski definition) is 1. The molecule has 1 aromatic carbocycles. The topological polar surface area (TPSA) is 90.2 Å². The van der Waals surface area contributed by atoms with Gasteiger partial charge in [0.2, 0.25) is 5.76 Å². The summed E-state index contributed by atoms with van der Waals surface area (Å²) >= 11 is 0. The Morgan fingerprint density at radius 2 is 1.96 bits per heavy atom. The zero-order valence-electron chi connectivity index (χ0n) is 15.1. The average molecular weight is 363 g/mol. The molecule has 1 spiro atoms. The summed E-state index contributed by atoms with van der Waals surface area (Å²) in [5.41, 5.74) is 9.60. The normalized spacial score (nSPS) is 23.9. The molecule has 7 nitrogen and oxygen atoms in total. The molecule has 0 unspecified atom stereocenters. The highest BCUT2D eigenvalue weighted by Crippen LogP contribution is 2.47. The Hall–Kier alpha value is -2.93. The highest BCUT2D eigenvalue weighted by Gasteiger charge is 2.55. The zero-order valence-corrected chi connectivity index (χ0v) is 15.1. The molecule has 27 heavy (non-hydrogen) atoms. The maximum atomic E-state index is 12.8. The van der Waals surface area contributed by atoms with E-state index >= 15 is 0 Å². The minimum atomic E-state index is -0.0844. The standard InChI is InChI=1S/C20H21N5O2/c1-24-12-15(11-22-24)13-2-4-14(5-3-13)17-8-18(27-23-17)19(26)25-7-6-20(25)9-16(21)10-20/h2-5,8,11-12,16H,6-7,9-10,21H2,1H3. The van der Waals surface area contributed by atoms with Crippen LogP contribution in [0, 0.1) is 0 Å². The zero-order chi connectivity index (χ0) is 18.6. The van der Waals surface area contributed by atoms with Gasteiger partial charge in [-0.1, -0.05) is 29.4 Å². The van der Waals surface area contributed by atoms with E-state index in [0.29, 0.717) is 11.5 Å². The minimum absolute atomic E-state index is 0.0329. The van der Waals surface area contributed by atoms with E-state index in [4.69, 9.17) is 10.3 Å². The molecule has 0 radical (unpaired) electrons. The highest BCUT2D eigenvalue weighted by atomic mass is 16.5. The van der Waals surface area contributed by atoms with Crippen LogP contribution in [0.5, 0.6) is 0 Å². The smallest absolute Gasteiger partial charge is 0.292 e. The van der Waals surface area contributed by atoms with Crippen LogP contribution in [0.25, 0.3) is 22.4 Å². The third kappa shape index (κ3) is 2.57. The number of likely N-dealkylation sites (tertiary alicyclic amines) is 1. The number of aromatic nitrogens is 3. The number of nitrogens with two attached hydrogens (primary N) is 1. The molecule has 1 saturated carbocycles. The van der Waals surface area contributed by atoms with E-state index in [1.165, 1.54) is 0 Å². The number of amides is 1. The minimum Gasteiger partial charge on any atom is -0.350 e. The number of aryl methyl sites for hydroxylation is 1. The van der Waals surface area contributed by atoms with Gasteiger partial charge in [-0.15, -0.1) is 0 Å². The lowest BCUT2D eigenvalue weighted by Gasteiger charge is -2.60. The fraction of sp³-hybridized carbons (Fsp3) is 0.350. The van der Waals surface area contributed by atoms with Crippen LogP contribution < -0.4 is 5.73 Å². The molecule has 3 aromatic rings. The molecule has 138 valence electrons. The summed E-state index contributed by atoms with van der Waals surface area (Å²) in [5, 5.41) is 8.29. The van der Waals surface area contributed by atoms with Crippen molar-refractivity contribution in [2.75, 3.05) is 6.54 Å². The van der Waals surface area contributed by atoms with Crippen LogP contribution >= 0.6 is 0 Å². The van der Waals surface area contributed by atoms with Crippen molar-refractivity contribution in [3.05, 3.63) is 48.5 Å². The Kier molecular flexibility index (Phi) is 3.48. The third-order valence-corrected chi connectivity index (χ3v) is 5.84. The number of carbonyl (C=O) groups excluding carboxylic acids is 1. The Bertz CT molecular complexity index is 998. The molecule has 2 aliphatic rings. The van der Waals surface area contributed by atoms with Crippen molar-refractivity contribution < 1.29 is 9.32 Å². The molecule has 3 heterocycles. The van der Waals surface area contributed by atoms with Gasteiger partial charge in [0.1, 0.15) is 5.69 Å². The van der Waals surface area contributed by atoms with E-state index in [1.807, 2.05) is 48.6 Å². The van der Waals surface area contributed by atoms with Crippen LogP contribution in [0.3, 0.4) is 0 Å². The maximum Gasteiger partial charge on any atom is 0.292 e. The summed E-state index contributed by atoms with van der Waals surface area (Å²) in [6.07, 6.45) is 6.60. The largest absolute Gasteiger partial charge is 0.350 e. The SMILES string of the molecule is Cn1cc(-c2ccc(-c3cc(C(=O)N4CCC45CC(N)C5)on3)cc2)cn1. The second-order valence-corrected chi connectivity index (χ2v) is 7.66. The van der Waals surface area contributed by atoms with Crippen molar-refractivity contribution in [2.45, 2.75) is 30.8 Å². The monoisotopic (exact) mass is 363 g/mol. The van der Waals surface area contributed by atoms with Gasteiger partial charge in [-0.3, -0.25) is 9.48 Å². The molecule has 2 aromatic heterocycles. The molecular formula is C20H21N5O2. The molecule has 1 aliphatic carbocycles. The lowest BCUT2D eigenvalue weighted by molar-refractivity contribution is -0.0601. The molecule has 1 aliphatic heterocycles. The first-order valence-corrected chi connectivity index (χ1v) is 9.18. The van der Waals surface area contributed by atoms with E-state index in [-0.39, 0.29) is 17.5 Å². The first-order chi connectivity index (χ1) is 13.0. The van der Waals surface area contributed by atoms with Crippen molar-refractivity contribution in [1.29, 1.82) is 0 Å². The molecular weight excluding hydrogens is 342 g/mol. The average Bonchev–Trinajstić information content (AvgIpc) is 3.27. The molecule has 7 heteroatoms. The van der Waals surface area contributed by atoms with E-state index in [9.17, 15) is 4.79 Å². The predicted molar refractivity (Wildman–Crippen MR) is 99.7 cm³/mol. The second kappa shape index (κ2) is 5.79. The van der Waals surface area contributed by atoms with Gasteiger partial charge in [-0.25, -0.2) is 0 Å². The van der Waals surface area contributed by atoms with E-state index in [2.05, 4.69) is 10.3 Å². The molecule has 0 bridgehead atoms. The highest BCUT2D eigenvalue weighted by molar-refractivity contribution is 5.93. The molecule has 1 saturated heterocycles. The number of benzene rings is 1. The lowest BCUT2D eigenvalue weighted by atomic mass is 9.65. The molecule has 0 atom stereocenters. The van der Waals surface area contributed by atoms with Gasteiger partial charge in [0.05, 0.1) is 6.20 Å². The molecule has 2 N–H and O–H groups in total. The Morgan fingerprint density at radius 1 is 1.22 bits per heavy atom. The van der Waals surface area contributed by atoms with E-state index < -0.39 is 0 Å². The van der Waals surface area contributed by atoms with Gasteiger partial charge < -0.3 is 15.2 Å². The van der Waals surface area contributed by atoms with Gasteiger partial charge in [0.15, 0.2) is 0 Å². The van der Waals surface area contributed by atoms with Crippen LogP contribution in [-0.4, -0.2) is 43.9 Å². The fourth-order valence-electron chi connectivity index (χ4n) is 4.25. The summed E-state index contributed by atoms with van der Waals surface area (Å²) in [5.74, 6) is 0.208. The lowest BCUT2D eigenvalue weighted by Crippen LogP contribution is -2.70. The summed E-state index contributed by atoms with van der Waals surface area (Å²) in [6, 6.07) is 9.93. The number of rotatable bonds is 3. The quantitative estimate of drug-likeness (QED) is 0.772. The van der Waals surface area contributed by atoms with Crippen LogP contribution in [0.15, 0.2) is 47.2 Å². The summed E-state index contributed by atoms with van der Waals surface area (Å²) < 4.78 is 7.13. The molecule has 1 amide bonds. The Morgan fingerprint density at radius 3 is 2.56 bits per heavy atom. The third-order valence-electron chi connectivity index (χ3n) is 5.84. The van der Waals surface area contributed by atoms with Gasteiger partial charge >= 0.3 is 0 Å². The van der Waals surface area contributed by atoms with Gasteiger partial charge in [0, 0.05) is 48.6 Å². The van der Waals surface area contributed by atoms with Crippen molar-refractivity contribution in [3.63, 3.8) is 0 Å². The van der Waals surface area contributed by atoms with Crippen molar-refractivity contribution in [3.8, 4) is 22.4 Å². The van der Waals surface area contributed by atoms with Crippen LogP contribution in [0.2, 0.25) is 0 Å². The number of nitrogens with zero attached hydrogens (tertiary/aromatic N) is 4. The number of hydrogen-bond acceptors (Lipinski definition) is 5. The van der Waals surface area contributed by atoms with Crippen molar-refractivity contribution >= 4 is 5.91 Å². The fourth-order valence-corrected chi connectivity index (χ4v) is 4.25. The Balaban J connectivity index is 1.34. The number of carbonyl (C=O) groups is 1. The molecule has 5 rings (SSSR count). The van der Waals surface area contributed by atoms with Crippen molar-refractivity contribution in [1.82, 2.24) is 19.8 Å². The van der Waals surface area contributed by atoms with Crippen LogP contribution in [0.1, 0.15) is 29.8 Å². The summed E-state index contributed by atoms with van der Waals surface area (Å²) in [7, 11) is 1.89. The predicted octanol–water partition coefficient (Wildman–Crippen LogP) is 2.45. The molecule has 2 fully saturated rings. The summed E-state index contributed by atoms with van der Waals surface area (Å²) in [6.45, 7) is 0.765. The van der Waals surface area contributed by atoms with E-state index in [0.717, 1.165) is 42.5 Å². The first kappa shape index (κ1) is 16.3. The van der Waals surface area contributed by atoms with Crippen molar-refractivity contribution in [2.24, 2.45) is 12.8 Å². The van der Waals surface area contributed by atoms with Crippen LogP contribution in [0.4, 0.5) is 0 Å². The van der Waals surface area contributed by atoms with Crippen LogP contribution in [-0.2, 0) is 7.05 Å². The summed E-state index contributed by atoms with van der Waals surface area (Å²) in [4.78, 5) is 14.7. The van der Waals surface area contributed by atoms with Gasteiger partial charge in [-0.05, 0) is 24.8 Å². The first-order valence-electron chi connectivity index (χ1n) is 9.18. The van der Waals surface area contributed by atoms with Gasteiger partial charge in [-0.2, -0.15) is 5.10 Å². The second-order valence-electron chi connectivity index (χ2n) is 7.66. The Labute approximate surface area is 156 Å². The van der Waals surface area contributed by atoms with E-state index in [1.54, 1.807) is 10.7 Å². The van der Waals surface area contributed by atoms with Gasteiger partial charge in [0.25, 0.3) is 5.91 Å².